The second kappa shape index (κ2) is 8.12. The highest BCUT2D eigenvalue weighted by molar-refractivity contribution is 5.88. The van der Waals surface area contributed by atoms with E-state index in [0.29, 0.717) is 36.3 Å². The Morgan fingerprint density at radius 1 is 1.18 bits per heavy atom. The maximum absolute atomic E-state index is 14.4. The normalized spacial score (nSPS) is 45.1. The van der Waals surface area contributed by atoms with E-state index in [4.69, 9.17) is 4.74 Å². The fourth-order valence-electron chi connectivity index (χ4n) is 8.09. The van der Waals surface area contributed by atoms with Gasteiger partial charge in [-0.05, 0) is 61.1 Å². The number of benzene rings is 1. The first-order valence-electron chi connectivity index (χ1n) is 13.2. The van der Waals surface area contributed by atoms with Crippen molar-refractivity contribution in [3.8, 4) is 5.75 Å². The molecule has 1 aromatic rings. The van der Waals surface area contributed by atoms with Gasteiger partial charge in [0.05, 0.1) is 5.92 Å². The minimum atomic E-state index is -1.15. The third-order valence-electron chi connectivity index (χ3n) is 9.48. The van der Waals surface area contributed by atoms with Crippen molar-refractivity contribution < 1.29 is 14.6 Å². The Hall–Kier alpha value is -2.33. The first-order valence-corrected chi connectivity index (χ1v) is 13.2. The van der Waals surface area contributed by atoms with Crippen LogP contribution in [0.15, 0.2) is 60.8 Å². The molecule has 7 rings (SSSR count). The minimum absolute atomic E-state index is 0.0299. The van der Waals surface area contributed by atoms with Crippen molar-refractivity contribution >= 4 is 5.78 Å². The summed E-state index contributed by atoms with van der Waals surface area (Å²) < 4.78 is 6.84. The van der Waals surface area contributed by atoms with Gasteiger partial charge >= 0.3 is 0 Å². The third-order valence-corrected chi connectivity index (χ3v) is 9.48. The minimum Gasteiger partial charge on any atom is -0.490 e. The van der Waals surface area contributed by atoms with Gasteiger partial charge in [0.25, 0.3) is 0 Å². The number of nitrogens with one attached hydrogen (secondary N) is 1. The molecule has 10 atom stereocenters. The number of carbonyl (C=O) groups is 1. The SMILES string of the molecule is C=C1N[C@@]2(O)Cc3ccc(cc3)O[C@H]3[C@@H]4CC[C@@H](C)C[C@H]4[C@@H]4C=C[C@H](/C=C\C)[C@H](C(=O)[C@@H]1C2)[C@H]43. The summed E-state index contributed by atoms with van der Waals surface area (Å²) in [7, 11) is 0. The van der Waals surface area contributed by atoms with Crippen molar-refractivity contribution in [3.63, 3.8) is 0 Å². The Morgan fingerprint density at radius 3 is 2.74 bits per heavy atom. The quantitative estimate of drug-likeness (QED) is 0.577. The van der Waals surface area contributed by atoms with Crippen LogP contribution in [0.5, 0.6) is 5.75 Å². The van der Waals surface area contributed by atoms with Crippen LogP contribution < -0.4 is 10.1 Å². The zero-order chi connectivity index (χ0) is 23.6. The van der Waals surface area contributed by atoms with Gasteiger partial charge in [0, 0.05) is 36.3 Å². The largest absolute Gasteiger partial charge is 0.490 e. The number of ether oxygens (including phenoxy) is 1. The first-order chi connectivity index (χ1) is 16.4. The molecule has 0 aromatic heterocycles. The van der Waals surface area contributed by atoms with Gasteiger partial charge in [0.2, 0.25) is 0 Å². The van der Waals surface area contributed by atoms with E-state index in [1.807, 2.05) is 19.1 Å². The van der Waals surface area contributed by atoms with E-state index >= 15 is 0 Å². The van der Waals surface area contributed by atoms with E-state index in [2.05, 4.69) is 55.3 Å². The van der Waals surface area contributed by atoms with Crippen LogP contribution in [0.2, 0.25) is 0 Å². The molecule has 1 aromatic carbocycles. The molecule has 0 amide bonds. The second-order valence-corrected chi connectivity index (χ2v) is 11.7. The third kappa shape index (κ3) is 3.48. The highest BCUT2D eigenvalue weighted by Crippen LogP contribution is 2.58. The van der Waals surface area contributed by atoms with Crippen molar-refractivity contribution in [3.05, 3.63) is 66.4 Å². The molecule has 6 aliphatic rings. The number of Topliss-reactive ketones (excluding diaryl/α,β-unsaturated/α-hetero) is 1. The summed E-state index contributed by atoms with van der Waals surface area (Å²) in [5.41, 5.74) is 0.543. The van der Waals surface area contributed by atoms with Gasteiger partial charge in [-0.3, -0.25) is 4.79 Å². The molecule has 3 aliphatic heterocycles. The lowest BCUT2D eigenvalue weighted by Crippen LogP contribution is -2.44. The van der Waals surface area contributed by atoms with Crippen molar-refractivity contribution in [2.75, 3.05) is 0 Å². The summed E-state index contributed by atoms with van der Waals surface area (Å²) in [5.74, 6) is 2.86. The molecule has 2 saturated carbocycles. The van der Waals surface area contributed by atoms with Crippen LogP contribution in [-0.2, 0) is 11.2 Å². The zero-order valence-electron chi connectivity index (χ0n) is 20.3. The Balaban J connectivity index is 1.50. The topological polar surface area (TPSA) is 58.6 Å². The highest BCUT2D eigenvalue weighted by atomic mass is 16.5. The molecule has 4 heteroatoms. The number of carbonyl (C=O) groups excluding carboxylic acids is 1. The molecule has 0 unspecified atom stereocenters. The molecule has 3 heterocycles. The van der Waals surface area contributed by atoms with Gasteiger partial charge in [0.15, 0.2) is 0 Å². The standard InChI is InChI=1S/C30H37NO3/c1-4-5-20-9-13-22-24-14-17(2)6-12-23(24)29-27(22)26(20)28(32)25-16-30(33,31-18(25)3)15-19-7-10-21(34-29)11-8-19/h4-5,7-11,13,17,20,22-27,29,31,33H,3,6,12,14-16H2,1-2H3/b5-4-/t17-,20+,22+,23-,24+,25-,26+,27+,29+,30-/m1/s1. The van der Waals surface area contributed by atoms with E-state index in [1.54, 1.807) is 0 Å². The number of ketones is 1. The average Bonchev–Trinajstić information content (AvgIpc) is 3.27. The highest BCUT2D eigenvalue weighted by Gasteiger charge is 2.59. The Morgan fingerprint density at radius 2 is 1.97 bits per heavy atom. The fourth-order valence-corrected chi connectivity index (χ4v) is 8.09. The van der Waals surface area contributed by atoms with Crippen molar-refractivity contribution in [2.45, 2.75) is 57.8 Å². The second-order valence-electron chi connectivity index (χ2n) is 11.7. The molecule has 3 fully saturated rings. The van der Waals surface area contributed by atoms with E-state index < -0.39 is 5.72 Å². The van der Waals surface area contributed by atoms with Gasteiger partial charge in [-0.25, -0.2) is 0 Å². The van der Waals surface area contributed by atoms with Gasteiger partial charge in [0.1, 0.15) is 23.4 Å². The Kier molecular flexibility index (Phi) is 5.29. The van der Waals surface area contributed by atoms with Crippen LogP contribution in [0.1, 0.15) is 45.1 Å². The number of rotatable bonds is 1. The summed E-state index contributed by atoms with van der Waals surface area (Å²) in [5, 5.41) is 14.6. The summed E-state index contributed by atoms with van der Waals surface area (Å²) in [4.78, 5) is 14.4. The van der Waals surface area contributed by atoms with Crippen LogP contribution in [-0.4, -0.2) is 22.7 Å². The lowest BCUT2D eigenvalue weighted by Gasteiger charge is -2.39. The molecule has 3 aliphatic carbocycles. The van der Waals surface area contributed by atoms with E-state index in [9.17, 15) is 9.90 Å². The molecule has 2 N–H and O–H groups in total. The molecule has 0 radical (unpaired) electrons. The molecular formula is C30H37NO3. The van der Waals surface area contributed by atoms with Gasteiger partial charge in [-0.1, -0.05) is 56.4 Å². The van der Waals surface area contributed by atoms with Crippen molar-refractivity contribution in [1.29, 1.82) is 0 Å². The van der Waals surface area contributed by atoms with Crippen LogP contribution in [0.3, 0.4) is 0 Å². The summed E-state index contributed by atoms with van der Waals surface area (Å²) in [6.45, 7) is 8.60. The van der Waals surface area contributed by atoms with Crippen molar-refractivity contribution in [1.82, 2.24) is 5.32 Å². The lowest BCUT2D eigenvalue weighted by molar-refractivity contribution is -0.131. The summed E-state index contributed by atoms with van der Waals surface area (Å²) >= 11 is 0. The van der Waals surface area contributed by atoms with Crippen LogP contribution in [0.4, 0.5) is 0 Å². The predicted molar refractivity (Wildman–Crippen MR) is 133 cm³/mol. The number of aliphatic hydroxyl groups is 1. The summed E-state index contributed by atoms with van der Waals surface area (Å²) in [6.07, 6.45) is 13.4. The maximum atomic E-state index is 14.4. The molecule has 0 spiro atoms. The average molecular weight is 460 g/mol. The van der Waals surface area contributed by atoms with E-state index in [0.717, 1.165) is 17.2 Å². The fraction of sp³-hybridized carbons (Fsp3) is 0.567. The van der Waals surface area contributed by atoms with Crippen LogP contribution in [0, 0.1) is 47.3 Å². The molecular weight excluding hydrogens is 422 g/mol. The maximum Gasteiger partial charge on any atom is 0.146 e. The predicted octanol–water partition coefficient (Wildman–Crippen LogP) is 5.05. The van der Waals surface area contributed by atoms with Crippen LogP contribution >= 0.6 is 0 Å². The lowest BCUT2D eigenvalue weighted by atomic mass is 9.65. The van der Waals surface area contributed by atoms with Crippen molar-refractivity contribution in [2.24, 2.45) is 47.3 Å². The monoisotopic (exact) mass is 459 g/mol. The Labute approximate surface area is 203 Å². The zero-order valence-corrected chi connectivity index (χ0v) is 20.3. The Bertz CT molecular complexity index is 1040. The van der Waals surface area contributed by atoms with Gasteiger partial charge in [-0.2, -0.15) is 0 Å². The van der Waals surface area contributed by atoms with Crippen LogP contribution in [0.25, 0.3) is 0 Å². The molecule has 4 bridgehead atoms. The number of hydrogen-bond acceptors (Lipinski definition) is 4. The summed E-state index contributed by atoms with van der Waals surface area (Å²) in [6, 6.07) is 8.20. The van der Waals surface area contributed by atoms with E-state index in [-0.39, 0.29) is 35.6 Å². The molecule has 1 saturated heterocycles. The van der Waals surface area contributed by atoms with E-state index in [1.165, 1.54) is 19.3 Å². The molecule has 34 heavy (non-hydrogen) atoms. The number of allylic oxidation sites excluding steroid dienone is 5. The molecule has 4 nitrogen and oxygen atoms in total. The smallest absolute Gasteiger partial charge is 0.146 e. The first kappa shape index (κ1) is 22.2. The van der Waals surface area contributed by atoms with Gasteiger partial charge < -0.3 is 15.2 Å². The number of hydrogen-bond donors (Lipinski definition) is 2. The number of fused-ring (bicyclic) bond motifs is 4. The van der Waals surface area contributed by atoms with Gasteiger partial charge in [-0.15, -0.1) is 0 Å². The molecule has 180 valence electrons.